The molecule has 0 saturated heterocycles. The molecule has 0 aliphatic carbocycles. The molecule has 5 heteroatoms. The molecule has 0 spiro atoms. The van der Waals surface area contributed by atoms with E-state index >= 15 is 0 Å². The largest absolute Gasteiger partial charge is 0.310 e. The van der Waals surface area contributed by atoms with Crippen LogP contribution in [0.15, 0.2) is 224 Å². The Bertz CT molecular complexity index is 3210. The van der Waals surface area contributed by atoms with Gasteiger partial charge in [-0.15, -0.1) is 22.7 Å². The van der Waals surface area contributed by atoms with E-state index in [2.05, 4.69) is 239 Å². The van der Waals surface area contributed by atoms with E-state index in [1.54, 1.807) is 0 Å². The molecule has 3 nitrogen and oxygen atoms in total. The molecule has 0 saturated carbocycles. The monoisotopic (exact) mass is 791 g/mol. The van der Waals surface area contributed by atoms with Gasteiger partial charge >= 0.3 is 0 Å². The van der Waals surface area contributed by atoms with Crippen LogP contribution in [0.5, 0.6) is 0 Å². The highest BCUT2D eigenvalue weighted by Crippen LogP contribution is 2.46. The molecule has 0 atom stereocenters. The van der Waals surface area contributed by atoms with Gasteiger partial charge in [-0.3, -0.25) is 0 Å². The van der Waals surface area contributed by atoms with Gasteiger partial charge in [-0.2, -0.15) is 0 Å². The molecule has 11 rings (SSSR count). The molecular formula is C54H37N3S2. The molecule has 0 bridgehead atoms. The number of rotatable bonds is 9. The van der Waals surface area contributed by atoms with Gasteiger partial charge < -0.3 is 14.7 Å². The summed E-state index contributed by atoms with van der Waals surface area (Å²) in [6.07, 6.45) is 0. The number of thiophene rings is 2. The molecule has 0 fully saturated rings. The molecule has 0 amide bonds. The lowest BCUT2D eigenvalue weighted by Crippen LogP contribution is -2.14. The third-order valence-electron chi connectivity index (χ3n) is 11.0. The Labute approximate surface area is 351 Å². The van der Waals surface area contributed by atoms with Gasteiger partial charge in [0.1, 0.15) is 0 Å². The van der Waals surface area contributed by atoms with Crippen molar-refractivity contribution in [2.45, 2.75) is 0 Å². The summed E-state index contributed by atoms with van der Waals surface area (Å²) >= 11 is 3.70. The third kappa shape index (κ3) is 6.47. The molecule has 2 heterocycles. The van der Waals surface area contributed by atoms with Crippen LogP contribution in [0.1, 0.15) is 0 Å². The summed E-state index contributed by atoms with van der Waals surface area (Å²) in [6.45, 7) is 0. The molecule has 0 N–H and O–H groups in total. The van der Waals surface area contributed by atoms with Crippen LogP contribution >= 0.6 is 22.7 Å². The van der Waals surface area contributed by atoms with Crippen LogP contribution < -0.4 is 14.7 Å². The van der Waals surface area contributed by atoms with Gasteiger partial charge in [0.25, 0.3) is 0 Å². The fourth-order valence-corrected chi connectivity index (χ4v) is 10.5. The summed E-state index contributed by atoms with van der Waals surface area (Å²) in [6, 6.07) is 81.1. The van der Waals surface area contributed by atoms with Crippen LogP contribution in [0.3, 0.4) is 0 Å². The van der Waals surface area contributed by atoms with Gasteiger partial charge in [-0.25, -0.2) is 0 Å². The molecule has 9 aromatic carbocycles. The van der Waals surface area contributed by atoms with Gasteiger partial charge in [0, 0.05) is 91.5 Å². The number of para-hydroxylation sites is 3. The first-order valence-corrected chi connectivity index (χ1v) is 21.5. The predicted molar refractivity (Wildman–Crippen MR) is 256 cm³/mol. The summed E-state index contributed by atoms with van der Waals surface area (Å²) in [5, 5.41) is 5.14. The van der Waals surface area contributed by atoms with Crippen LogP contribution in [0.4, 0.5) is 51.2 Å². The summed E-state index contributed by atoms with van der Waals surface area (Å²) in [4.78, 5) is 7.12. The van der Waals surface area contributed by atoms with Gasteiger partial charge in [-0.05, 0) is 115 Å². The Morgan fingerprint density at radius 2 is 0.542 bits per heavy atom. The number of fused-ring (bicyclic) bond motifs is 6. The summed E-state index contributed by atoms with van der Waals surface area (Å²) in [5.41, 5.74) is 9.80. The lowest BCUT2D eigenvalue weighted by molar-refractivity contribution is 1.24. The van der Waals surface area contributed by atoms with Crippen molar-refractivity contribution >= 4 is 114 Å². The number of nitrogens with zero attached hydrogens (tertiary/aromatic N) is 3. The highest BCUT2D eigenvalue weighted by Gasteiger charge is 2.21. The van der Waals surface area contributed by atoms with E-state index in [9.17, 15) is 0 Å². The summed E-state index contributed by atoms with van der Waals surface area (Å²) < 4.78 is 5.16. The second-order valence-electron chi connectivity index (χ2n) is 14.6. The average Bonchev–Trinajstić information content (AvgIpc) is 3.86. The number of anilines is 9. The Hall–Kier alpha value is -7.18. The van der Waals surface area contributed by atoms with Gasteiger partial charge in [-0.1, -0.05) is 109 Å². The molecule has 2 aromatic heterocycles. The van der Waals surface area contributed by atoms with Crippen LogP contribution in [0.2, 0.25) is 0 Å². The SMILES string of the molecule is c1ccc(N(c2ccccc2)c2cccc(N(c3cccc(N(c4ccccc4)c4ccc5c(c4)sc4ccccc45)c3)c3ccc4sc5ccccc5c4c3)c2)cc1. The Kier molecular flexibility index (Phi) is 8.88. The molecule has 11 aromatic rings. The van der Waals surface area contributed by atoms with Crippen molar-refractivity contribution in [3.8, 4) is 0 Å². The minimum atomic E-state index is 1.06. The van der Waals surface area contributed by atoms with Gasteiger partial charge in [0.2, 0.25) is 0 Å². The number of hydrogen-bond acceptors (Lipinski definition) is 5. The zero-order valence-electron chi connectivity index (χ0n) is 32.0. The van der Waals surface area contributed by atoms with E-state index in [-0.39, 0.29) is 0 Å². The van der Waals surface area contributed by atoms with E-state index in [1.165, 1.54) is 40.3 Å². The molecule has 0 unspecified atom stereocenters. The highest BCUT2D eigenvalue weighted by atomic mass is 32.1. The fraction of sp³-hybridized carbons (Fsp3) is 0. The quantitative estimate of drug-likeness (QED) is 0.144. The van der Waals surface area contributed by atoms with Crippen molar-refractivity contribution in [3.05, 3.63) is 224 Å². The predicted octanol–water partition coefficient (Wildman–Crippen LogP) is 16.8. The van der Waals surface area contributed by atoms with Crippen molar-refractivity contribution in [2.75, 3.05) is 14.7 Å². The second kappa shape index (κ2) is 15.0. The highest BCUT2D eigenvalue weighted by molar-refractivity contribution is 7.26. The summed E-state index contributed by atoms with van der Waals surface area (Å²) in [7, 11) is 0. The van der Waals surface area contributed by atoms with Gasteiger partial charge in [0.15, 0.2) is 0 Å². The van der Waals surface area contributed by atoms with E-state index in [4.69, 9.17) is 0 Å². The topological polar surface area (TPSA) is 9.72 Å². The zero-order chi connectivity index (χ0) is 39.1. The minimum absolute atomic E-state index is 1.06. The molecule has 59 heavy (non-hydrogen) atoms. The van der Waals surface area contributed by atoms with E-state index < -0.39 is 0 Å². The number of benzene rings is 9. The van der Waals surface area contributed by atoms with E-state index in [0.29, 0.717) is 0 Å². The second-order valence-corrected chi connectivity index (χ2v) is 16.8. The van der Waals surface area contributed by atoms with E-state index in [0.717, 1.165) is 51.2 Å². The van der Waals surface area contributed by atoms with E-state index in [1.807, 2.05) is 22.7 Å². The third-order valence-corrected chi connectivity index (χ3v) is 13.3. The lowest BCUT2D eigenvalue weighted by atomic mass is 10.1. The van der Waals surface area contributed by atoms with Gasteiger partial charge in [0.05, 0.1) is 0 Å². The lowest BCUT2D eigenvalue weighted by Gasteiger charge is -2.31. The molecule has 0 aliphatic rings. The van der Waals surface area contributed by atoms with Crippen molar-refractivity contribution in [3.63, 3.8) is 0 Å². The first kappa shape index (κ1) is 35.0. The molecule has 280 valence electrons. The Balaban J connectivity index is 1.10. The van der Waals surface area contributed by atoms with Crippen LogP contribution in [0, 0.1) is 0 Å². The zero-order valence-corrected chi connectivity index (χ0v) is 33.7. The summed E-state index contributed by atoms with van der Waals surface area (Å²) in [5.74, 6) is 0. The Morgan fingerprint density at radius 3 is 1.08 bits per heavy atom. The normalized spacial score (nSPS) is 11.4. The molecular weight excluding hydrogens is 755 g/mol. The van der Waals surface area contributed by atoms with Crippen LogP contribution in [-0.2, 0) is 0 Å². The molecule has 0 radical (unpaired) electrons. The van der Waals surface area contributed by atoms with Crippen molar-refractivity contribution in [2.24, 2.45) is 0 Å². The average molecular weight is 792 g/mol. The van der Waals surface area contributed by atoms with Crippen LogP contribution in [-0.4, -0.2) is 0 Å². The maximum Gasteiger partial charge on any atom is 0.0482 e. The smallest absolute Gasteiger partial charge is 0.0482 e. The minimum Gasteiger partial charge on any atom is -0.310 e. The van der Waals surface area contributed by atoms with Crippen molar-refractivity contribution < 1.29 is 0 Å². The Morgan fingerprint density at radius 1 is 0.203 bits per heavy atom. The van der Waals surface area contributed by atoms with Crippen molar-refractivity contribution in [1.29, 1.82) is 0 Å². The first-order valence-electron chi connectivity index (χ1n) is 19.8. The maximum atomic E-state index is 2.41. The number of hydrogen-bond donors (Lipinski definition) is 0. The molecule has 0 aliphatic heterocycles. The first-order chi connectivity index (χ1) is 29.2. The fourth-order valence-electron chi connectivity index (χ4n) is 8.32. The van der Waals surface area contributed by atoms with Crippen molar-refractivity contribution in [1.82, 2.24) is 0 Å². The maximum absolute atomic E-state index is 2.41. The standard InChI is InChI=1S/C54H37N3S2/c1-4-16-38(17-5-1)55(39-18-6-2-7-19-39)41-22-14-24-43(34-41)57(45-31-33-53-50(36-45)48-27-11-13-29-52(48)58-53)44-25-15-23-42(35-44)56(40-20-8-3-9-21-40)46-30-32-49-47-26-10-12-28-51(47)59-54(49)37-46/h1-37H. The van der Waals surface area contributed by atoms with Crippen LogP contribution in [0.25, 0.3) is 40.3 Å².